The Hall–Kier alpha value is -1.31. The largest absolute Gasteiger partial charge is 0.481 e. The van der Waals surface area contributed by atoms with E-state index in [1.807, 2.05) is 0 Å². The van der Waals surface area contributed by atoms with E-state index in [1.165, 1.54) is 32.1 Å². The molecule has 0 saturated carbocycles. The molecular formula is C20H34O2. The second kappa shape index (κ2) is 17.7. The zero-order valence-electron chi connectivity index (χ0n) is 14.3. The standard InChI is InChI=1S/C20H34O2/c1-2-3-4-5-6-7-8-9-10-11-12-13-14-15-16-17-18-19-20(21)22/h5-6,8-9,11-12H,2-4,7,10,13-19H2,1H3,(H,21,22). The summed E-state index contributed by atoms with van der Waals surface area (Å²) in [6, 6.07) is 0. The molecule has 0 fully saturated rings. The molecule has 0 atom stereocenters. The highest BCUT2D eigenvalue weighted by molar-refractivity contribution is 5.66. The summed E-state index contributed by atoms with van der Waals surface area (Å²) in [5.41, 5.74) is 0. The lowest BCUT2D eigenvalue weighted by Crippen LogP contribution is -1.93. The van der Waals surface area contributed by atoms with Gasteiger partial charge in [-0.15, -0.1) is 0 Å². The molecule has 0 unspecified atom stereocenters. The van der Waals surface area contributed by atoms with Crippen molar-refractivity contribution in [1.29, 1.82) is 0 Å². The molecule has 22 heavy (non-hydrogen) atoms. The van der Waals surface area contributed by atoms with Crippen LogP contribution in [0.25, 0.3) is 0 Å². The van der Waals surface area contributed by atoms with E-state index in [2.05, 4.69) is 43.4 Å². The van der Waals surface area contributed by atoms with Gasteiger partial charge in [-0.3, -0.25) is 4.79 Å². The molecule has 0 aliphatic heterocycles. The third kappa shape index (κ3) is 18.7. The molecule has 0 rings (SSSR count). The van der Waals surface area contributed by atoms with Gasteiger partial charge in [0.15, 0.2) is 0 Å². The van der Waals surface area contributed by atoms with Gasteiger partial charge in [-0.05, 0) is 38.5 Å². The van der Waals surface area contributed by atoms with Crippen LogP contribution in [0.5, 0.6) is 0 Å². The summed E-state index contributed by atoms with van der Waals surface area (Å²) in [5.74, 6) is -0.674. The first kappa shape index (κ1) is 20.7. The van der Waals surface area contributed by atoms with Crippen LogP contribution < -0.4 is 0 Å². The van der Waals surface area contributed by atoms with Crippen LogP contribution in [0.2, 0.25) is 0 Å². The summed E-state index contributed by atoms with van der Waals surface area (Å²) < 4.78 is 0. The van der Waals surface area contributed by atoms with Gasteiger partial charge in [-0.2, -0.15) is 0 Å². The molecule has 0 aliphatic carbocycles. The topological polar surface area (TPSA) is 37.3 Å². The van der Waals surface area contributed by atoms with Crippen LogP contribution in [-0.2, 0) is 4.79 Å². The van der Waals surface area contributed by atoms with Crippen molar-refractivity contribution in [2.75, 3.05) is 0 Å². The van der Waals surface area contributed by atoms with E-state index in [4.69, 9.17) is 5.11 Å². The predicted octanol–water partition coefficient (Wildman–Crippen LogP) is 6.44. The van der Waals surface area contributed by atoms with Gasteiger partial charge in [-0.1, -0.05) is 75.5 Å². The first-order valence-corrected chi connectivity index (χ1v) is 8.94. The maximum atomic E-state index is 10.3. The number of hydrogen-bond donors (Lipinski definition) is 1. The van der Waals surface area contributed by atoms with Gasteiger partial charge in [0.25, 0.3) is 0 Å². The van der Waals surface area contributed by atoms with Crippen molar-refractivity contribution in [3.8, 4) is 0 Å². The summed E-state index contributed by atoms with van der Waals surface area (Å²) >= 11 is 0. The van der Waals surface area contributed by atoms with Gasteiger partial charge in [0.05, 0.1) is 0 Å². The van der Waals surface area contributed by atoms with Crippen LogP contribution >= 0.6 is 0 Å². The van der Waals surface area contributed by atoms with E-state index in [0.717, 1.165) is 38.5 Å². The zero-order chi connectivity index (χ0) is 16.3. The van der Waals surface area contributed by atoms with Gasteiger partial charge >= 0.3 is 5.97 Å². The first-order chi connectivity index (χ1) is 10.8. The van der Waals surface area contributed by atoms with Crippen molar-refractivity contribution in [1.82, 2.24) is 0 Å². The second-order valence-electron chi connectivity index (χ2n) is 5.73. The Bertz CT molecular complexity index is 327. The van der Waals surface area contributed by atoms with Gasteiger partial charge in [-0.25, -0.2) is 0 Å². The molecule has 0 spiro atoms. The highest BCUT2D eigenvalue weighted by Gasteiger charge is 1.95. The minimum absolute atomic E-state index is 0.319. The molecule has 0 aromatic heterocycles. The van der Waals surface area contributed by atoms with E-state index in [9.17, 15) is 4.79 Å². The predicted molar refractivity (Wildman–Crippen MR) is 96.1 cm³/mol. The van der Waals surface area contributed by atoms with E-state index >= 15 is 0 Å². The van der Waals surface area contributed by atoms with Crippen LogP contribution in [0.1, 0.15) is 84.0 Å². The Morgan fingerprint density at radius 2 is 1.23 bits per heavy atom. The number of carbonyl (C=O) groups is 1. The van der Waals surface area contributed by atoms with Crippen molar-refractivity contribution in [3.05, 3.63) is 36.5 Å². The number of unbranched alkanes of at least 4 members (excludes halogenated alkanes) is 7. The number of allylic oxidation sites excluding steroid dienone is 6. The van der Waals surface area contributed by atoms with E-state index < -0.39 is 5.97 Å². The molecule has 1 N–H and O–H groups in total. The zero-order valence-corrected chi connectivity index (χ0v) is 14.3. The number of carboxylic acids is 1. The van der Waals surface area contributed by atoms with E-state index in [-0.39, 0.29) is 0 Å². The molecule has 0 saturated heterocycles. The fourth-order valence-corrected chi connectivity index (χ4v) is 2.17. The van der Waals surface area contributed by atoms with Crippen molar-refractivity contribution < 1.29 is 9.90 Å². The molecule has 2 nitrogen and oxygen atoms in total. The van der Waals surface area contributed by atoms with Gasteiger partial charge < -0.3 is 5.11 Å². The van der Waals surface area contributed by atoms with Crippen LogP contribution in [0.3, 0.4) is 0 Å². The Balaban J connectivity index is 3.26. The molecule has 0 heterocycles. The van der Waals surface area contributed by atoms with Crippen LogP contribution in [0.15, 0.2) is 36.5 Å². The molecule has 0 aromatic rings. The first-order valence-electron chi connectivity index (χ1n) is 8.94. The molecule has 2 heteroatoms. The van der Waals surface area contributed by atoms with Crippen molar-refractivity contribution in [3.63, 3.8) is 0 Å². The summed E-state index contributed by atoms with van der Waals surface area (Å²) in [4.78, 5) is 10.3. The number of carboxylic acid groups (broad SMARTS) is 1. The van der Waals surface area contributed by atoms with Crippen molar-refractivity contribution in [2.45, 2.75) is 84.0 Å². The molecule has 0 aromatic carbocycles. The monoisotopic (exact) mass is 306 g/mol. The summed E-state index contributed by atoms with van der Waals surface area (Å²) in [7, 11) is 0. The number of aliphatic carboxylic acids is 1. The molecular weight excluding hydrogens is 272 g/mol. The maximum absolute atomic E-state index is 10.3. The van der Waals surface area contributed by atoms with Gasteiger partial charge in [0.2, 0.25) is 0 Å². The lowest BCUT2D eigenvalue weighted by atomic mass is 10.1. The molecule has 0 amide bonds. The minimum atomic E-state index is -0.674. The number of hydrogen-bond acceptors (Lipinski definition) is 1. The summed E-state index contributed by atoms with van der Waals surface area (Å²) in [6.07, 6.45) is 26.3. The van der Waals surface area contributed by atoms with E-state index in [0.29, 0.717) is 6.42 Å². The Labute approximate surface area is 137 Å². The molecule has 0 bridgehead atoms. The smallest absolute Gasteiger partial charge is 0.303 e. The average Bonchev–Trinajstić information content (AvgIpc) is 2.50. The van der Waals surface area contributed by atoms with Gasteiger partial charge in [0, 0.05) is 6.42 Å². The molecule has 0 radical (unpaired) electrons. The third-order valence-electron chi connectivity index (χ3n) is 3.53. The van der Waals surface area contributed by atoms with Gasteiger partial charge in [0.1, 0.15) is 0 Å². The fraction of sp³-hybridized carbons (Fsp3) is 0.650. The average molecular weight is 306 g/mol. The highest BCUT2D eigenvalue weighted by Crippen LogP contribution is 2.07. The Morgan fingerprint density at radius 3 is 1.82 bits per heavy atom. The van der Waals surface area contributed by atoms with E-state index in [1.54, 1.807) is 0 Å². The quantitative estimate of drug-likeness (QED) is 0.279. The Kier molecular flexibility index (Phi) is 16.7. The van der Waals surface area contributed by atoms with Crippen LogP contribution in [-0.4, -0.2) is 11.1 Å². The second-order valence-corrected chi connectivity index (χ2v) is 5.73. The van der Waals surface area contributed by atoms with Crippen molar-refractivity contribution in [2.24, 2.45) is 0 Å². The molecule has 126 valence electrons. The Morgan fingerprint density at radius 1 is 0.727 bits per heavy atom. The maximum Gasteiger partial charge on any atom is 0.303 e. The summed E-state index contributed by atoms with van der Waals surface area (Å²) in [5, 5.41) is 8.52. The van der Waals surface area contributed by atoms with Crippen LogP contribution in [0, 0.1) is 0 Å². The highest BCUT2D eigenvalue weighted by atomic mass is 16.4. The summed E-state index contributed by atoms with van der Waals surface area (Å²) in [6.45, 7) is 2.22. The fourth-order valence-electron chi connectivity index (χ4n) is 2.17. The minimum Gasteiger partial charge on any atom is -0.481 e. The SMILES string of the molecule is CCCCC=CCC=CCC=CCCCCCCCC(=O)O. The molecule has 0 aliphatic rings. The van der Waals surface area contributed by atoms with Crippen LogP contribution in [0.4, 0.5) is 0 Å². The number of rotatable bonds is 15. The lowest BCUT2D eigenvalue weighted by molar-refractivity contribution is -0.137. The normalized spacial score (nSPS) is 12.0. The third-order valence-corrected chi connectivity index (χ3v) is 3.53. The lowest BCUT2D eigenvalue weighted by Gasteiger charge is -1.98. The van der Waals surface area contributed by atoms with Crippen molar-refractivity contribution >= 4 is 5.97 Å².